The Balaban J connectivity index is 0.00000225. The predicted molar refractivity (Wildman–Crippen MR) is 111 cm³/mol. The van der Waals surface area contributed by atoms with E-state index in [1.807, 2.05) is 18.2 Å². The Morgan fingerprint density at radius 3 is 2.72 bits per heavy atom. The van der Waals surface area contributed by atoms with E-state index in [9.17, 15) is 0 Å². The van der Waals surface area contributed by atoms with Crippen LogP contribution in [-0.4, -0.2) is 50.4 Å². The van der Waals surface area contributed by atoms with Gasteiger partial charge >= 0.3 is 0 Å². The highest BCUT2D eigenvalue weighted by Gasteiger charge is 2.13. The van der Waals surface area contributed by atoms with Crippen molar-refractivity contribution < 1.29 is 9.47 Å². The number of benzene rings is 1. The van der Waals surface area contributed by atoms with Crippen molar-refractivity contribution in [3.05, 3.63) is 23.8 Å². The Kier molecular flexibility index (Phi) is 8.60. The molecule has 0 aliphatic carbocycles. The van der Waals surface area contributed by atoms with Crippen LogP contribution in [0.3, 0.4) is 0 Å². The van der Waals surface area contributed by atoms with Crippen LogP contribution in [0.1, 0.15) is 31.7 Å². The Morgan fingerprint density at radius 1 is 1.12 bits per heavy atom. The smallest absolute Gasteiger partial charge is 0.231 e. The van der Waals surface area contributed by atoms with Crippen LogP contribution < -0.4 is 20.1 Å². The average Bonchev–Trinajstić information content (AvgIpc) is 3.08. The molecule has 2 aliphatic rings. The molecule has 0 saturated carbocycles. The summed E-state index contributed by atoms with van der Waals surface area (Å²) in [6, 6.07) is 5.99. The van der Waals surface area contributed by atoms with Crippen molar-refractivity contribution in [2.45, 2.75) is 32.7 Å². The number of hydrogen-bond acceptors (Lipinski definition) is 4. The summed E-state index contributed by atoms with van der Waals surface area (Å²) in [5.74, 6) is 2.49. The number of guanidine groups is 1. The molecule has 2 aliphatic heterocycles. The Morgan fingerprint density at radius 2 is 1.92 bits per heavy atom. The summed E-state index contributed by atoms with van der Waals surface area (Å²) in [4.78, 5) is 7.20. The van der Waals surface area contributed by atoms with Gasteiger partial charge in [0.2, 0.25) is 6.79 Å². The fourth-order valence-electron chi connectivity index (χ4n) is 3.07. The Hall–Kier alpha value is -1.22. The summed E-state index contributed by atoms with van der Waals surface area (Å²) in [7, 11) is 0. The summed E-state index contributed by atoms with van der Waals surface area (Å²) in [5, 5.41) is 6.74. The number of likely N-dealkylation sites (tertiary alicyclic amines) is 1. The molecule has 0 spiro atoms. The number of ether oxygens (including phenoxy) is 2. The number of rotatable bonds is 6. The highest BCUT2D eigenvalue weighted by Crippen LogP contribution is 2.32. The fraction of sp³-hybridized carbons (Fsp3) is 0.611. The topological polar surface area (TPSA) is 58.1 Å². The zero-order chi connectivity index (χ0) is 16.6. The molecule has 0 radical (unpaired) electrons. The van der Waals surface area contributed by atoms with Gasteiger partial charge in [0, 0.05) is 19.6 Å². The quantitative estimate of drug-likeness (QED) is 0.389. The monoisotopic (exact) mass is 460 g/mol. The number of aliphatic imine (C=N–C) groups is 1. The molecule has 0 amide bonds. The van der Waals surface area contributed by atoms with Crippen molar-refractivity contribution in [3.63, 3.8) is 0 Å². The molecule has 140 valence electrons. The molecule has 1 aromatic carbocycles. The van der Waals surface area contributed by atoms with Crippen molar-refractivity contribution in [1.29, 1.82) is 0 Å². The van der Waals surface area contributed by atoms with Crippen LogP contribution in [0, 0.1) is 0 Å². The second kappa shape index (κ2) is 10.7. The lowest BCUT2D eigenvalue weighted by atomic mass is 10.1. The van der Waals surface area contributed by atoms with Crippen LogP contribution in [0.4, 0.5) is 0 Å². The normalized spacial score (nSPS) is 17.1. The molecule has 1 saturated heterocycles. The van der Waals surface area contributed by atoms with Crippen molar-refractivity contribution in [3.8, 4) is 11.5 Å². The molecule has 0 aromatic heterocycles. The van der Waals surface area contributed by atoms with Crippen molar-refractivity contribution in [1.82, 2.24) is 15.5 Å². The van der Waals surface area contributed by atoms with Gasteiger partial charge in [-0.05, 0) is 50.6 Å². The summed E-state index contributed by atoms with van der Waals surface area (Å²) in [6.07, 6.45) is 4.04. The predicted octanol–water partition coefficient (Wildman–Crippen LogP) is 2.57. The Labute approximate surface area is 167 Å². The van der Waals surface area contributed by atoms with Gasteiger partial charge in [-0.3, -0.25) is 0 Å². The zero-order valence-electron chi connectivity index (χ0n) is 14.9. The molecule has 1 aromatic rings. The third-order valence-corrected chi connectivity index (χ3v) is 4.37. The molecule has 1 fully saturated rings. The van der Waals surface area contributed by atoms with Gasteiger partial charge in [-0.25, -0.2) is 4.99 Å². The molecular formula is C18H29IN4O2. The maximum Gasteiger partial charge on any atom is 0.231 e. The molecule has 25 heavy (non-hydrogen) atoms. The summed E-state index contributed by atoms with van der Waals surface area (Å²) >= 11 is 0. The zero-order valence-corrected chi connectivity index (χ0v) is 17.3. The maximum atomic E-state index is 5.42. The number of halogens is 1. The fourth-order valence-corrected chi connectivity index (χ4v) is 3.07. The van der Waals surface area contributed by atoms with Crippen molar-refractivity contribution >= 4 is 29.9 Å². The van der Waals surface area contributed by atoms with Crippen molar-refractivity contribution in [2.24, 2.45) is 4.99 Å². The van der Waals surface area contributed by atoms with E-state index in [0.717, 1.165) is 42.7 Å². The highest BCUT2D eigenvalue weighted by molar-refractivity contribution is 14.0. The maximum absolute atomic E-state index is 5.42. The van der Waals surface area contributed by atoms with E-state index in [1.165, 1.54) is 32.4 Å². The molecule has 0 bridgehead atoms. The van der Waals surface area contributed by atoms with Gasteiger partial charge in [0.1, 0.15) is 0 Å². The minimum atomic E-state index is 0. The molecule has 0 unspecified atom stereocenters. The molecular weight excluding hydrogens is 431 g/mol. The van der Waals surface area contributed by atoms with Crippen LogP contribution in [0.15, 0.2) is 23.2 Å². The van der Waals surface area contributed by atoms with Gasteiger partial charge in [0.25, 0.3) is 0 Å². The molecule has 6 nitrogen and oxygen atoms in total. The molecule has 3 rings (SSSR count). The van der Waals surface area contributed by atoms with Crippen LogP contribution in [0.25, 0.3) is 0 Å². The molecule has 2 heterocycles. The first kappa shape index (κ1) is 20.1. The van der Waals surface area contributed by atoms with Crippen LogP contribution in [0.5, 0.6) is 11.5 Å². The second-order valence-electron chi connectivity index (χ2n) is 6.21. The largest absolute Gasteiger partial charge is 0.454 e. The number of hydrogen-bond donors (Lipinski definition) is 2. The first-order valence-electron chi connectivity index (χ1n) is 8.98. The minimum absolute atomic E-state index is 0. The van der Waals surface area contributed by atoms with E-state index in [0.29, 0.717) is 13.3 Å². The van der Waals surface area contributed by atoms with Crippen molar-refractivity contribution in [2.75, 3.05) is 39.5 Å². The lowest BCUT2D eigenvalue weighted by Gasteiger charge is -2.26. The van der Waals surface area contributed by atoms with Gasteiger partial charge in [-0.2, -0.15) is 0 Å². The first-order chi connectivity index (χ1) is 11.8. The highest BCUT2D eigenvalue weighted by atomic mass is 127. The van der Waals surface area contributed by atoms with E-state index in [2.05, 4.69) is 27.4 Å². The third-order valence-electron chi connectivity index (χ3n) is 4.37. The second-order valence-corrected chi connectivity index (χ2v) is 6.21. The van der Waals surface area contributed by atoms with Gasteiger partial charge < -0.3 is 25.0 Å². The van der Waals surface area contributed by atoms with Crippen LogP contribution in [0.2, 0.25) is 0 Å². The molecule has 7 heteroatoms. The molecule has 0 atom stereocenters. The van der Waals surface area contributed by atoms with Gasteiger partial charge in [0.15, 0.2) is 17.5 Å². The third kappa shape index (κ3) is 6.22. The summed E-state index contributed by atoms with van der Waals surface area (Å²) in [6.45, 7) is 8.33. The Bertz CT molecular complexity index is 562. The van der Waals surface area contributed by atoms with Gasteiger partial charge in [-0.15, -0.1) is 24.0 Å². The van der Waals surface area contributed by atoms with Gasteiger partial charge in [0.05, 0.1) is 6.54 Å². The lowest BCUT2D eigenvalue weighted by Crippen LogP contribution is -2.42. The van der Waals surface area contributed by atoms with E-state index >= 15 is 0 Å². The standard InChI is InChI=1S/C18H28N4O2.HI/c1-2-19-18(20-8-11-22-9-4-3-5-10-22)21-13-15-6-7-16-17(12-15)24-14-23-16;/h6-7,12H,2-5,8-11,13-14H2,1H3,(H2,19,20,21);1H. The van der Waals surface area contributed by atoms with Crippen LogP contribution in [-0.2, 0) is 6.54 Å². The van der Waals surface area contributed by atoms with E-state index in [1.54, 1.807) is 0 Å². The lowest BCUT2D eigenvalue weighted by molar-refractivity contribution is 0.174. The summed E-state index contributed by atoms with van der Waals surface area (Å²) in [5.41, 5.74) is 1.12. The number of nitrogens with one attached hydrogen (secondary N) is 2. The van der Waals surface area contributed by atoms with Crippen LogP contribution >= 0.6 is 24.0 Å². The molecule has 2 N–H and O–H groups in total. The number of fused-ring (bicyclic) bond motifs is 1. The first-order valence-corrected chi connectivity index (χ1v) is 8.98. The van der Waals surface area contributed by atoms with E-state index < -0.39 is 0 Å². The minimum Gasteiger partial charge on any atom is -0.454 e. The average molecular weight is 460 g/mol. The SMILES string of the molecule is CCNC(=NCc1ccc2c(c1)OCO2)NCCN1CCCCC1.I. The summed E-state index contributed by atoms with van der Waals surface area (Å²) < 4.78 is 10.8. The number of piperidine rings is 1. The van der Waals surface area contributed by atoms with Gasteiger partial charge in [-0.1, -0.05) is 12.5 Å². The number of nitrogens with zero attached hydrogens (tertiary/aromatic N) is 2. The van der Waals surface area contributed by atoms with E-state index in [-0.39, 0.29) is 24.0 Å². The van der Waals surface area contributed by atoms with E-state index in [4.69, 9.17) is 9.47 Å².